The highest BCUT2D eigenvalue weighted by molar-refractivity contribution is 5.85. The topological polar surface area (TPSA) is 41.3 Å². The number of nitrogen functional groups attached to an aromatic ring is 1. The van der Waals surface area contributed by atoms with Crippen LogP contribution in [0.15, 0.2) is 18.2 Å². The van der Waals surface area contributed by atoms with Gasteiger partial charge in [-0.3, -0.25) is 5.84 Å². The summed E-state index contributed by atoms with van der Waals surface area (Å²) >= 11 is 0. The van der Waals surface area contributed by atoms with Crippen LogP contribution < -0.4 is 16.2 Å². The molecule has 0 saturated heterocycles. The second-order valence-electron chi connectivity index (χ2n) is 3.12. The largest absolute Gasteiger partial charge is 0.374 e. The second-order valence-corrected chi connectivity index (χ2v) is 3.12. The molecule has 0 unspecified atom stereocenters. The molecule has 3 N–H and O–H groups in total. The minimum atomic E-state index is 0. The van der Waals surface area contributed by atoms with Crippen LogP contribution in [0.2, 0.25) is 0 Å². The van der Waals surface area contributed by atoms with Crippen LogP contribution in [0.25, 0.3) is 0 Å². The fraction of sp³-hybridized carbons (Fsp3) is 0.333. The summed E-state index contributed by atoms with van der Waals surface area (Å²) in [6.07, 6.45) is 1.09. The van der Waals surface area contributed by atoms with E-state index in [9.17, 15) is 0 Å². The molecule has 0 spiro atoms. The number of nitrogens with one attached hydrogen (secondary N) is 1. The molecule has 1 aliphatic heterocycles. The number of halogens is 1. The first-order valence-electron chi connectivity index (χ1n) is 4.12. The fourth-order valence-electron chi connectivity index (χ4n) is 1.73. The SMILES string of the molecule is CN1CCc2c(NN)cccc21.Cl. The first kappa shape index (κ1) is 10.2. The molecule has 0 aliphatic carbocycles. The van der Waals surface area contributed by atoms with Gasteiger partial charge in [0, 0.05) is 24.8 Å². The van der Waals surface area contributed by atoms with Gasteiger partial charge in [0.1, 0.15) is 0 Å². The van der Waals surface area contributed by atoms with E-state index in [1.807, 2.05) is 12.1 Å². The van der Waals surface area contributed by atoms with Crippen molar-refractivity contribution in [2.45, 2.75) is 6.42 Å². The van der Waals surface area contributed by atoms with Gasteiger partial charge in [0.2, 0.25) is 0 Å². The number of likely N-dealkylation sites (N-methyl/N-ethyl adjacent to an activating group) is 1. The standard InChI is InChI=1S/C9H13N3.ClH/c1-12-6-5-7-8(11-10)3-2-4-9(7)12;/h2-4,11H,5-6,10H2,1H3;1H. The van der Waals surface area contributed by atoms with Crippen LogP contribution in [0.3, 0.4) is 0 Å². The molecule has 0 radical (unpaired) electrons. The molecular formula is C9H14ClN3. The van der Waals surface area contributed by atoms with Crippen molar-refractivity contribution < 1.29 is 0 Å². The van der Waals surface area contributed by atoms with Crippen molar-refractivity contribution in [3.8, 4) is 0 Å². The normalized spacial score (nSPS) is 13.5. The Bertz CT molecular complexity index is 301. The molecule has 13 heavy (non-hydrogen) atoms. The average Bonchev–Trinajstić information content (AvgIpc) is 2.48. The summed E-state index contributed by atoms with van der Waals surface area (Å²) in [5.74, 6) is 5.40. The van der Waals surface area contributed by atoms with Gasteiger partial charge < -0.3 is 10.3 Å². The maximum Gasteiger partial charge on any atom is 0.0538 e. The molecule has 4 heteroatoms. The van der Waals surface area contributed by atoms with Crippen molar-refractivity contribution >= 4 is 23.8 Å². The third kappa shape index (κ3) is 1.57. The molecule has 3 nitrogen and oxygen atoms in total. The minimum Gasteiger partial charge on any atom is -0.374 e. The number of benzene rings is 1. The number of hydrogen-bond acceptors (Lipinski definition) is 3. The smallest absolute Gasteiger partial charge is 0.0538 e. The first-order chi connectivity index (χ1) is 5.83. The maximum absolute atomic E-state index is 5.40. The Hall–Kier alpha value is -0.930. The van der Waals surface area contributed by atoms with Gasteiger partial charge >= 0.3 is 0 Å². The van der Waals surface area contributed by atoms with Crippen molar-refractivity contribution in [3.05, 3.63) is 23.8 Å². The van der Waals surface area contributed by atoms with Crippen LogP contribution in [0.5, 0.6) is 0 Å². The van der Waals surface area contributed by atoms with Crippen molar-refractivity contribution in [1.29, 1.82) is 0 Å². The van der Waals surface area contributed by atoms with Gasteiger partial charge in [-0.2, -0.15) is 0 Å². The predicted octanol–water partition coefficient (Wildman–Crippen LogP) is 1.39. The highest BCUT2D eigenvalue weighted by Gasteiger charge is 2.17. The molecule has 1 heterocycles. The quantitative estimate of drug-likeness (QED) is 0.531. The number of nitrogens with zero attached hydrogens (tertiary/aromatic N) is 1. The van der Waals surface area contributed by atoms with E-state index in [1.165, 1.54) is 11.3 Å². The van der Waals surface area contributed by atoms with E-state index in [2.05, 4.69) is 23.4 Å². The van der Waals surface area contributed by atoms with E-state index in [4.69, 9.17) is 5.84 Å². The Morgan fingerprint density at radius 1 is 1.46 bits per heavy atom. The van der Waals surface area contributed by atoms with Gasteiger partial charge in [0.05, 0.1) is 5.69 Å². The lowest BCUT2D eigenvalue weighted by Crippen LogP contribution is -2.12. The summed E-state index contributed by atoms with van der Waals surface area (Å²) in [4.78, 5) is 2.25. The van der Waals surface area contributed by atoms with E-state index >= 15 is 0 Å². The molecule has 1 aromatic rings. The Morgan fingerprint density at radius 3 is 2.92 bits per heavy atom. The van der Waals surface area contributed by atoms with Crippen LogP contribution in [-0.4, -0.2) is 13.6 Å². The summed E-state index contributed by atoms with van der Waals surface area (Å²) < 4.78 is 0. The molecule has 0 aromatic heterocycles. The Balaban J connectivity index is 0.000000845. The Kier molecular flexibility index (Phi) is 3.01. The van der Waals surface area contributed by atoms with E-state index < -0.39 is 0 Å². The molecule has 0 atom stereocenters. The molecule has 0 fully saturated rings. The number of hydrazine groups is 1. The first-order valence-corrected chi connectivity index (χ1v) is 4.12. The Labute approximate surface area is 84.3 Å². The van der Waals surface area contributed by atoms with Gasteiger partial charge in [0.15, 0.2) is 0 Å². The summed E-state index contributed by atoms with van der Waals surface area (Å²) in [6.45, 7) is 1.09. The summed E-state index contributed by atoms with van der Waals surface area (Å²) in [7, 11) is 2.10. The molecule has 0 bridgehead atoms. The summed E-state index contributed by atoms with van der Waals surface area (Å²) in [5, 5.41) is 0. The van der Waals surface area contributed by atoms with Crippen LogP contribution in [0.4, 0.5) is 11.4 Å². The van der Waals surface area contributed by atoms with Crippen LogP contribution in [0.1, 0.15) is 5.56 Å². The number of fused-ring (bicyclic) bond motifs is 1. The fourth-order valence-corrected chi connectivity index (χ4v) is 1.73. The minimum absolute atomic E-state index is 0. The zero-order chi connectivity index (χ0) is 8.55. The monoisotopic (exact) mass is 199 g/mol. The molecule has 72 valence electrons. The van der Waals surface area contributed by atoms with Crippen molar-refractivity contribution in [3.63, 3.8) is 0 Å². The molecule has 1 aliphatic rings. The number of rotatable bonds is 1. The van der Waals surface area contributed by atoms with Gasteiger partial charge in [-0.25, -0.2) is 0 Å². The van der Waals surface area contributed by atoms with E-state index in [0.717, 1.165) is 18.7 Å². The second kappa shape index (κ2) is 3.85. The highest BCUT2D eigenvalue weighted by Crippen LogP contribution is 2.31. The van der Waals surface area contributed by atoms with Crippen molar-refractivity contribution in [2.75, 3.05) is 23.9 Å². The molecular weight excluding hydrogens is 186 g/mol. The number of anilines is 2. The van der Waals surface area contributed by atoms with Crippen LogP contribution in [-0.2, 0) is 6.42 Å². The summed E-state index contributed by atoms with van der Waals surface area (Å²) in [6, 6.07) is 6.16. The van der Waals surface area contributed by atoms with E-state index in [-0.39, 0.29) is 12.4 Å². The third-order valence-electron chi connectivity index (χ3n) is 2.42. The molecule has 0 saturated carbocycles. The molecule has 1 aromatic carbocycles. The van der Waals surface area contributed by atoms with Gasteiger partial charge in [-0.1, -0.05) is 6.07 Å². The average molecular weight is 200 g/mol. The van der Waals surface area contributed by atoms with Crippen LogP contribution in [0, 0.1) is 0 Å². The Morgan fingerprint density at radius 2 is 2.23 bits per heavy atom. The lowest BCUT2D eigenvalue weighted by Gasteiger charge is -2.12. The zero-order valence-electron chi connectivity index (χ0n) is 7.58. The lowest BCUT2D eigenvalue weighted by molar-refractivity contribution is 0.956. The number of nitrogens with two attached hydrogens (primary N) is 1. The number of hydrogen-bond donors (Lipinski definition) is 2. The van der Waals surface area contributed by atoms with Crippen molar-refractivity contribution in [2.24, 2.45) is 5.84 Å². The van der Waals surface area contributed by atoms with Gasteiger partial charge in [0.25, 0.3) is 0 Å². The van der Waals surface area contributed by atoms with E-state index in [1.54, 1.807) is 0 Å². The van der Waals surface area contributed by atoms with Crippen molar-refractivity contribution in [1.82, 2.24) is 0 Å². The van der Waals surface area contributed by atoms with Crippen LogP contribution >= 0.6 is 12.4 Å². The predicted molar refractivity (Wildman–Crippen MR) is 58.5 cm³/mol. The van der Waals surface area contributed by atoms with Gasteiger partial charge in [-0.15, -0.1) is 12.4 Å². The maximum atomic E-state index is 5.40. The summed E-state index contributed by atoms with van der Waals surface area (Å²) in [5.41, 5.74) is 6.41. The molecule has 0 amide bonds. The molecule has 2 rings (SSSR count). The lowest BCUT2D eigenvalue weighted by atomic mass is 10.1. The third-order valence-corrected chi connectivity index (χ3v) is 2.42. The van der Waals surface area contributed by atoms with E-state index in [0.29, 0.717) is 0 Å². The zero-order valence-corrected chi connectivity index (χ0v) is 8.40. The van der Waals surface area contributed by atoms with Gasteiger partial charge in [-0.05, 0) is 18.6 Å². The highest BCUT2D eigenvalue weighted by atomic mass is 35.5.